The third-order valence-electron chi connectivity index (χ3n) is 3.27. The number of carbonyl (C=O) groups is 2. The van der Waals surface area contributed by atoms with Gasteiger partial charge in [0.05, 0.1) is 0 Å². The van der Waals surface area contributed by atoms with Crippen LogP contribution in [0.25, 0.3) is 10.6 Å². The third-order valence-corrected chi connectivity index (χ3v) is 4.16. The summed E-state index contributed by atoms with van der Waals surface area (Å²) in [6, 6.07) is 10.9. The zero-order valence-electron chi connectivity index (χ0n) is 13.2. The first kappa shape index (κ1) is 17.7. The van der Waals surface area contributed by atoms with E-state index in [9.17, 15) is 18.4 Å². The lowest BCUT2D eigenvalue weighted by atomic mass is 10.2. The van der Waals surface area contributed by atoms with Crippen molar-refractivity contribution in [3.05, 3.63) is 71.2 Å². The van der Waals surface area contributed by atoms with Crippen LogP contribution in [0.1, 0.15) is 10.5 Å². The van der Waals surface area contributed by atoms with Gasteiger partial charge in [0.25, 0.3) is 5.91 Å². The van der Waals surface area contributed by atoms with Gasteiger partial charge in [-0.05, 0) is 48.5 Å². The second-order valence-electron chi connectivity index (χ2n) is 5.18. The van der Waals surface area contributed by atoms with Gasteiger partial charge in [0.1, 0.15) is 16.6 Å². The summed E-state index contributed by atoms with van der Waals surface area (Å²) in [5.74, 6) is -2.09. The van der Waals surface area contributed by atoms with Gasteiger partial charge < -0.3 is 10.1 Å². The predicted octanol–water partition coefficient (Wildman–Crippen LogP) is 3.88. The summed E-state index contributed by atoms with van der Waals surface area (Å²) in [6.07, 6.45) is 0. The molecule has 0 unspecified atom stereocenters. The van der Waals surface area contributed by atoms with Crippen molar-refractivity contribution < 1.29 is 23.1 Å². The summed E-state index contributed by atoms with van der Waals surface area (Å²) < 4.78 is 30.7. The van der Waals surface area contributed by atoms with Crippen molar-refractivity contribution in [3.8, 4) is 10.6 Å². The zero-order valence-corrected chi connectivity index (χ0v) is 14.1. The van der Waals surface area contributed by atoms with Crippen LogP contribution in [0.4, 0.5) is 14.5 Å². The van der Waals surface area contributed by atoms with Gasteiger partial charge in [-0.15, -0.1) is 11.3 Å². The second-order valence-corrected chi connectivity index (χ2v) is 6.03. The molecule has 0 aliphatic carbocycles. The highest BCUT2D eigenvalue weighted by Gasteiger charge is 2.15. The molecule has 0 spiro atoms. The fraction of sp³-hybridized carbons (Fsp3) is 0.0556. The Hall–Kier alpha value is -3.13. The molecular formula is C18H12F2N2O3S. The maximum absolute atomic E-state index is 12.9. The molecular weight excluding hydrogens is 362 g/mol. The predicted molar refractivity (Wildman–Crippen MR) is 92.8 cm³/mol. The maximum Gasteiger partial charge on any atom is 0.358 e. The van der Waals surface area contributed by atoms with E-state index in [1.54, 1.807) is 12.1 Å². The van der Waals surface area contributed by atoms with Gasteiger partial charge in [-0.25, -0.2) is 18.6 Å². The molecule has 0 saturated carbocycles. The number of hydrogen-bond acceptors (Lipinski definition) is 5. The van der Waals surface area contributed by atoms with E-state index in [-0.39, 0.29) is 11.5 Å². The van der Waals surface area contributed by atoms with Crippen molar-refractivity contribution in [3.63, 3.8) is 0 Å². The number of nitrogens with one attached hydrogen (secondary N) is 1. The van der Waals surface area contributed by atoms with E-state index in [0.29, 0.717) is 16.3 Å². The summed E-state index contributed by atoms with van der Waals surface area (Å²) >= 11 is 1.20. The van der Waals surface area contributed by atoms with E-state index < -0.39 is 24.3 Å². The van der Waals surface area contributed by atoms with Gasteiger partial charge in [-0.2, -0.15) is 0 Å². The molecule has 1 heterocycles. The summed E-state index contributed by atoms with van der Waals surface area (Å²) in [5, 5.41) is 4.51. The zero-order chi connectivity index (χ0) is 18.5. The highest BCUT2D eigenvalue weighted by molar-refractivity contribution is 7.13. The van der Waals surface area contributed by atoms with Gasteiger partial charge in [-0.3, -0.25) is 4.79 Å². The van der Waals surface area contributed by atoms with E-state index in [4.69, 9.17) is 4.74 Å². The van der Waals surface area contributed by atoms with Crippen molar-refractivity contribution in [1.82, 2.24) is 4.98 Å². The molecule has 0 atom stereocenters. The highest BCUT2D eigenvalue weighted by atomic mass is 32.1. The van der Waals surface area contributed by atoms with Crippen molar-refractivity contribution in [2.24, 2.45) is 0 Å². The SMILES string of the molecule is O=C(COC(=O)c1csc(-c2ccc(F)cc2)n1)Nc1ccc(F)cc1. The van der Waals surface area contributed by atoms with Crippen LogP contribution in [-0.4, -0.2) is 23.5 Å². The quantitative estimate of drug-likeness (QED) is 0.688. The third kappa shape index (κ3) is 4.48. The van der Waals surface area contributed by atoms with Crippen LogP contribution in [0.5, 0.6) is 0 Å². The van der Waals surface area contributed by atoms with E-state index in [1.807, 2.05) is 0 Å². The number of benzene rings is 2. The normalized spacial score (nSPS) is 10.4. The number of hydrogen-bond donors (Lipinski definition) is 1. The first-order valence-corrected chi connectivity index (χ1v) is 8.33. The average molecular weight is 374 g/mol. The van der Waals surface area contributed by atoms with Crippen LogP contribution in [0.3, 0.4) is 0 Å². The van der Waals surface area contributed by atoms with Crippen LogP contribution in [-0.2, 0) is 9.53 Å². The van der Waals surface area contributed by atoms with Crippen molar-refractivity contribution >= 4 is 28.9 Å². The summed E-state index contributed by atoms with van der Waals surface area (Å²) in [4.78, 5) is 27.9. The number of nitrogens with zero attached hydrogens (tertiary/aromatic N) is 1. The number of halogens is 2. The number of ether oxygens (including phenoxy) is 1. The van der Waals surface area contributed by atoms with Crippen LogP contribution >= 0.6 is 11.3 Å². The standard InChI is InChI=1S/C18H12F2N2O3S/c19-12-3-1-11(2-4-12)17-22-15(10-26-17)18(24)25-9-16(23)21-14-7-5-13(20)6-8-14/h1-8,10H,9H2,(H,21,23). The molecule has 0 aliphatic heterocycles. The Morgan fingerprint density at radius 3 is 2.27 bits per heavy atom. The molecule has 1 N–H and O–H groups in total. The van der Waals surface area contributed by atoms with E-state index >= 15 is 0 Å². The Kier molecular flexibility index (Phi) is 5.33. The summed E-state index contributed by atoms with van der Waals surface area (Å²) in [7, 11) is 0. The Morgan fingerprint density at radius 1 is 1.00 bits per heavy atom. The molecule has 5 nitrogen and oxygen atoms in total. The van der Waals surface area contributed by atoms with Crippen LogP contribution in [0.15, 0.2) is 53.9 Å². The molecule has 3 rings (SSSR count). The molecule has 0 bridgehead atoms. The van der Waals surface area contributed by atoms with Gasteiger partial charge in [-0.1, -0.05) is 0 Å². The molecule has 0 radical (unpaired) electrons. The minimum atomic E-state index is -0.746. The lowest BCUT2D eigenvalue weighted by Crippen LogP contribution is -2.21. The van der Waals surface area contributed by atoms with Crippen LogP contribution in [0, 0.1) is 11.6 Å². The number of esters is 1. The minimum Gasteiger partial charge on any atom is -0.451 e. The second kappa shape index (κ2) is 7.83. The smallest absolute Gasteiger partial charge is 0.358 e. The van der Waals surface area contributed by atoms with Gasteiger partial charge >= 0.3 is 5.97 Å². The fourth-order valence-corrected chi connectivity index (χ4v) is 2.82. The summed E-state index contributed by atoms with van der Waals surface area (Å²) in [5.41, 5.74) is 1.12. The lowest BCUT2D eigenvalue weighted by molar-refractivity contribution is -0.119. The van der Waals surface area contributed by atoms with E-state index in [1.165, 1.54) is 53.1 Å². The number of anilines is 1. The molecule has 1 amide bonds. The van der Waals surface area contributed by atoms with Crippen LogP contribution < -0.4 is 5.32 Å². The van der Waals surface area contributed by atoms with Gasteiger partial charge in [0.2, 0.25) is 0 Å². The summed E-state index contributed by atoms with van der Waals surface area (Å²) in [6.45, 7) is -0.500. The Morgan fingerprint density at radius 2 is 1.62 bits per heavy atom. The molecule has 1 aromatic heterocycles. The molecule has 3 aromatic rings. The van der Waals surface area contributed by atoms with Crippen molar-refractivity contribution in [2.45, 2.75) is 0 Å². The van der Waals surface area contributed by atoms with Crippen molar-refractivity contribution in [1.29, 1.82) is 0 Å². The number of amides is 1. The van der Waals surface area contributed by atoms with E-state index in [2.05, 4.69) is 10.3 Å². The number of carbonyl (C=O) groups excluding carboxylic acids is 2. The number of rotatable bonds is 5. The Bertz CT molecular complexity index is 924. The van der Waals surface area contributed by atoms with Crippen LogP contribution in [0.2, 0.25) is 0 Å². The number of thiazole rings is 1. The fourth-order valence-electron chi connectivity index (χ4n) is 2.03. The van der Waals surface area contributed by atoms with Crippen molar-refractivity contribution in [2.75, 3.05) is 11.9 Å². The van der Waals surface area contributed by atoms with Gasteiger partial charge in [0, 0.05) is 16.6 Å². The topological polar surface area (TPSA) is 68.3 Å². The largest absolute Gasteiger partial charge is 0.451 e. The highest BCUT2D eigenvalue weighted by Crippen LogP contribution is 2.24. The molecule has 2 aromatic carbocycles. The monoisotopic (exact) mass is 374 g/mol. The first-order valence-electron chi connectivity index (χ1n) is 7.45. The Balaban J connectivity index is 1.55. The van der Waals surface area contributed by atoms with E-state index in [0.717, 1.165) is 0 Å². The number of aromatic nitrogens is 1. The lowest BCUT2D eigenvalue weighted by Gasteiger charge is -2.05. The maximum atomic E-state index is 12.9. The molecule has 8 heteroatoms. The molecule has 0 saturated heterocycles. The average Bonchev–Trinajstić information content (AvgIpc) is 3.12. The molecule has 0 aliphatic rings. The van der Waals surface area contributed by atoms with Gasteiger partial charge in [0.15, 0.2) is 12.3 Å². The molecule has 0 fully saturated rings. The molecule has 132 valence electrons. The first-order chi connectivity index (χ1) is 12.5. The minimum absolute atomic E-state index is 0.0592. The molecule has 26 heavy (non-hydrogen) atoms. The Labute approximate surface area is 151 Å².